The predicted molar refractivity (Wildman–Crippen MR) is 239 cm³/mol. The Bertz CT molecular complexity index is 2970. The summed E-state index contributed by atoms with van der Waals surface area (Å²) in [6, 6.07) is 66.2. The highest BCUT2D eigenvalue weighted by atomic mass is 15.2. The maximum atomic E-state index is 5.30. The fourth-order valence-electron chi connectivity index (χ4n) is 8.56. The van der Waals surface area contributed by atoms with E-state index in [-0.39, 0.29) is 0 Å². The Hall–Kier alpha value is -6.77. The van der Waals surface area contributed by atoms with Crippen molar-refractivity contribution in [2.75, 3.05) is 4.90 Å². The summed E-state index contributed by atoms with van der Waals surface area (Å²) in [5.74, 6) is 0. The Kier molecular flexibility index (Phi) is 8.80. The number of nitrogens with zero attached hydrogens (tertiary/aromatic N) is 2. The molecule has 0 unspecified atom stereocenters. The van der Waals surface area contributed by atoms with E-state index in [2.05, 4.69) is 187 Å². The fourth-order valence-corrected chi connectivity index (χ4v) is 8.56. The molecular weight excluding hydrogens is 665 g/mol. The van der Waals surface area contributed by atoms with Crippen LogP contribution in [0.1, 0.15) is 27.7 Å². The minimum absolute atomic E-state index is 1.02. The van der Waals surface area contributed by atoms with Gasteiger partial charge in [0.15, 0.2) is 0 Å². The predicted octanol–water partition coefficient (Wildman–Crippen LogP) is 15.7. The Balaban J connectivity index is 0.000000963. The van der Waals surface area contributed by atoms with Gasteiger partial charge in [-0.25, -0.2) is 4.98 Å². The largest absolute Gasteiger partial charge is 0.308 e. The van der Waals surface area contributed by atoms with Gasteiger partial charge in [-0.1, -0.05) is 191 Å². The lowest BCUT2D eigenvalue weighted by Crippen LogP contribution is -2.16. The number of pyridine rings is 1. The van der Waals surface area contributed by atoms with Gasteiger partial charge in [-0.2, -0.15) is 0 Å². The molecule has 10 aromatic rings. The standard InChI is InChI=1S/C49H30N2.2C2H6/c1-2-15-34-31(13-1)14-11-22-35(34)32-27-29-33(30-28-32)46-38-17-3-5-19-40(38)49(41-20-6-4-18-39(41)46)51-44-25-10-8-21-42(44)48-47-37(23-12-26-45(47)51)36-16-7-9-24-43(36)50-48;2*1-2/h1-30H;2*1-2H3. The molecule has 9 aromatic carbocycles. The molecule has 0 N–H and O–H groups in total. The van der Waals surface area contributed by atoms with E-state index in [1.165, 1.54) is 76.4 Å². The van der Waals surface area contributed by atoms with Crippen molar-refractivity contribution >= 4 is 71.1 Å². The van der Waals surface area contributed by atoms with Gasteiger partial charge in [-0.15, -0.1) is 0 Å². The first-order valence-electron chi connectivity index (χ1n) is 19.6. The van der Waals surface area contributed by atoms with Crippen LogP contribution in [0.4, 0.5) is 17.1 Å². The zero-order chi connectivity index (χ0) is 37.5. The molecule has 0 spiro atoms. The molecule has 0 saturated heterocycles. The van der Waals surface area contributed by atoms with Crippen LogP contribution in [0.15, 0.2) is 182 Å². The first-order chi connectivity index (χ1) is 27.3. The molecule has 1 aliphatic rings. The lowest BCUT2D eigenvalue weighted by molar-refractivity contribution is 1.28. The minimum Gasteiger partial charge on any atom is -0.308 e. The molecule has 0 aliphatic carbocycles. The molecule has 0 amide bonds. The van der Waals surface area contributed by atoms with Crippen molar-refractivity contribution < 1.29 is 0 Å². The summed E-state index contributed by atoms with van der Waals surface area (Å²) >= 11 is 0. The van der Waals surface area contributed by atoms with Gasteiger partial charge in [0.2, 0.25) is 0 Å². The van der Waals surface area contributed by atoms with Crippen molar-refractivity contribution in [3.8, 4) is 33.5 Å². The highest BCUT2D eigenvalue weighted by molar-refractivity contribution is 6.26. The van der Waals surface area contributed by atoms with E-state index >= 15 is 0 Å². The van der Waals surface area contributed by atoms with E-state index < -0.39 is 0 Å². The van der Waals surface area contributed by atoms with Crippen LogP contribution in [0.5, 0.6) is 0 Å². The average molecular weight is 707 g/mol. The highest BCUT2D eigenvalue weighted by Crippen LogP contribution is 2.55. The average Bonchev–Trinajstić information content (AvgIpc) is 3.27. The van der Waals surface area contributed by atoms with Crippen molar-refractivity contribution in [1.82, 2.24) is 4.98 Å². The van der Waals surface area contributed by atoms with Crippen LogP contribution in [-0.4, -0.2) is 4.98 Å². The molecular formula is C53H42N2. The monoisotopic (exact) mass is 706 g/mol. The van der Waals surface area contributed by atoms with E-state index in [4.69, 9.17) is 4.98 Å². The second-order valence-electron chi connectivity index (χ2n) is 13.4. The smallest absolute Gasteiger partial charge is 0.0830 e. The molecule has 264 valence electrons. The summed E-state index contributed by atoms with van der Waals surface area (Å²) < 4.78 is 0. The van der Waals surface area contributed by atoms with Crippen LogP contribution < -0.4 is 4.90 Å². The second-order valence-corrected chi connectivity index (χ2v) is 13.4. The number of hydrogen-bond acceptors (Lipinski definition) is 2. The van der Waals surface area contributed by atoms with Crippen LogP contribution in [0.3, 0.4) is 0 Å². The lowest BCUT2D eigenvalue weighted by Gasteiger charge is -2.35. The quantitative estimate of drug-likeness (QED) is 0.134. The third-order valence-electron chi connectivity index (χ3n) is 10.7. The molecule has 0 radical (unpaired) electrons. The summed E-state index contributed by atoms with van der Waals surface area (Å²) in [5.41, 5.74) is 11.6. The molecule has 2 heteroatoms. The van der Waals surface area contributed by atoms with Gasteiger partial charge in [-0.3, -0.25) is 0 Å². The Labute approximate surface area is 323 Å². The van der Waals surface area contributed by atoms with Gasteiger partial charge in [0.1, 0.15) is 0 Å². The Morgan fingerprint density at radius 3 is 1.58 bits per heavy atom. The first kappa shape index (κ1) is 34.0. The number of aromatic nitrogens is 1. The zero-order valence-electron chi connectivity index (χ0n) is 31.7. The van der Waals surface area contributed by atoms with Crippen LogP contribution in [0, 0.1) is 0 Å². The maximum Gasteiger partial charge on any atom is 0.0830 e. The fraction of sp³-hybridized carbons (Fsp3) is 0.0755. The van der Waals surface area contributed by atoms with Gasteiger partial charge in [0.05, 0.1) is 28.3 Å². The number of rotatable bonds is 3. The van der Waals surface area contributed by atoms with E-state index in [9.17, 15) is 0 Å². The van der Waals surface area contributed by atoms with Gasteiger partial charge in [-0.05, 0) is 67.4 Å². The molecule has 0 bridgehead atoms. The third kappa shape index (κ3) is 5.36. The van der Waals surface area contributed by atoms with Crippen LogP contribution in [0.2, 0.25) is 0 Å². The molecule has 0 atom stereocenters. The number of anilines is 3. The van der Waals surface area contributed by atoms with E-state index in [0.717, 1.165) is 28.1 Å². The number of hydrogen-bond donors (Lipinski definition) is 0. The lowest BCUT2D eigenvalue weighted by atomic mass is 9.87. The summed E-state index contributed by atoms with van der Waals surface area (Å²) in [6.45, 7) is 8.00. The van der Waals surface area contributed by atoms with Crippen molar-refractivity contribution in [3.05, 3.63) is 182 Å². The molecule has 55 heavy (non-hydrogen) atoms. The molecule has 0 fully saturated rings. The van der Waals surface area contributed by atoms with E-state index in [1.807, 2.05) is 27.7 Å². The van der Waals surface area contributed by atoms with Gasteiger partial charge in [0, 0.05) is 27.1 Å². The highest BCUT2D eigenvalue weighted by Gasteiger charge is 2.30. The SMILES string of the molecule is CC.CC.c1ccc2c(c1)-c1nc3ccccc3c3cccc(c13)N2c1c2ccccc2c(-c2ccc(-c3cccc4ccccc34)cc2)c2ccccc12. The minimum atomic E-state index is 1.02. The van der Waals surface area contributed by atoms with Crippen molar-refractivity contribution in [3.63, 3.8) is 0 Å². The van der Waals surface area contributed by atoms with Crippen molar-refractivity contribution in [2.24, 2.45) is 0 Å². The summed E-state index contributed by atoms with van der Waals surface area (Å²) in [5, 5.41) is 11.0. The molecule has 11 rings (SSSR count). The molecule has 0 saturated carbocycles. The van der Waals surface area contributed by atoms with Crippen molar-refractivity contribution in [2.45, 2.75) is 27.7 Å². The van der Waals surface area contributed by atoms with Crippen LogP contribution >= 0.6 is 0 Å². The van der Waals surface area contributed by atoms with E-state index in [1.54, 1.807) is 0 Å². The normalized spacial score (nSPS) is 11.6. The van der Waals surface area contributed by atoms with Gasteiger partial charge >= 0.3 is 0 Å². The number of para-hydroxylation sites is 2. The second kappa shape index (κ2) is 14.2. The first-order valence-corrected chi connectivity index (χ1v) is 19.6. The van der Waals surface area contributed by atoms with Crippen molar-refractivity contribution in [1.29, 1.82) is 0 Å². The summed E-state index contributed by atoms with van der Waals surface area (Å²) in [6.07, 6.45) is 0. The van der Waals surface area contributed by atoms with Gasteiger partial charge < -0.3 is 4.90 Å². The van der Waals surface area contributed by atoms with Gasteiger partial charge in [0.25, 0.3) is 0 Å². The Morgan fingerprint density at radius 2 is 0.855 bits per heavy atom. The molecule has 1 aliphatic heterocycles. The maximum absolute atomic E-state index is 5.30. The summed E-state index contributed by atoms with van der Waals surface area (Å²) in [4.78, 5) is 7.80. The van der Waals surface area contributed by atoms with E-state index in [0.29, 0.717) is 0 Å². The zero-order valence-corrected chi connectivity index (χ0v) is 31.7. The van der Waals surface area contributed by atoms with Crippen LogP contribution in [-0.2, 0) is 0 Å². The molecule has 1 aromatic heterocycles. The number of benzene rings is 9. The molecule has 2 heterocycles. The summed E-state index contributed by atoms with van der Waals surface area (Å²) in [7, 11) is 0. The molecule has 2 nitrogen and oxygen atoms in total. The Morgan fingerprint density at radius 1 is 0.364 bits per heavy atom. The third-order valence-corrected chi connectivity index (χ3v) is 10.7. The topological polar surface area (TPSA) is 16.1 Å². The number of fused-ring (bicyclic) bond motifs is 7. The van der Waals surface area contributed by atoms with Crippen LogP contribution in [0.25, 0.3) is 87.5 Å².